The van der Waals surface area contributed by atoms with E-state index in [0.29, 0.717) is 23.1 Å². The number of aromatic nitrogens is 2. The number of hydrogen-bond donors (Lipinski definition) is 1. The first-order chi connectivity index (χ1) is 12.3. The Morgan fingerprint density at radius 1 is 1.27 bits per heavy atom. The monoisotopic (exact) mass is 375 g/mol. The summed E-state index contributed by atoms with van der Waals surface area (Å²) < 4.78 is 12.8. The number of amides is 1. The van der Waals surface area contributed by atoms with Gasteiger partial charge in [0.05, 0.1) is 10.9 Å². The van der Waals surface area contributed by atoms with Crippen LogP contribution < -0.4 is 14.8 Å². The number of imidazole rings is 1. The van der Waals surface area contributed by atoms with Crippen LogP contribution in [0, 0.1) is 19.8 Å². The van der Waals surface area contributed by atoms with Crippen LogP contribution in [0.3, 0.4) is 0 Å². The molecule has 0 spiro atoms. The number of aryl methyl sites for hydroxylation is 1. The molecule has 0 aliphatic carbocycles. The Morgan fingerprint density at radius 3 is 2.73 bits per heavy atom. The van der Waals surface area contributed by atoms with E-state index in [2.05, 4.69) is 35.6 Å². The molecule has 0 fully saturated rings. The minimum atomic E-state index is -0.271. The predicted octanol–water partition coefficient (Wildman–Crippen LogP) is 4.00. The molecule has 3 rings (SSSR count). The molecule has 2 heterocycles. The van der Waals surface area contributed by atoms with Gasteiger partial charge in [-0.1, -0.05) is 25.6 Å². The Balaban J connectivity index is 1.69. The van der Waals surface area contributed by atoms with Gasteiger partial charge in [-0.25, -0.2) is 4.98 Å². The van der Waals surface area contributed by atoms with E-state index < -0.39 is 0 Å². The first-order valence-electron chi connectivity index (χ1n) is 8.76. The lowest BCUT2D eigenvalue weighted by Gasteiger charge is -2.15. The Kier molecular flexibility index (Phi) is 5.46. The number of fused-ring (bicyclic) bond motifs is 1. The number of ether oxygens (including phenoxy) is 2. The number of hydrogen-bond acceptors (Lipinski definition) is 5. The molecule has 0 unspecified atom stereocenters. The van der Waals surface area contributed by atoms with Crippen molar-refractivity contribution < 1.29 is 14.3 Å². The van der Waals surface area contributed by atoms with E-state index in [1.54, 1.807) is 12.1 Å². The highest BCUT2D eigenvalue weighted by molar-refractivity contribution is 8.00. The second kappa shape index (κ2) is 7.61. The van der Waals surface area contributed by atoms with E-state index in [-0.39, 0.29) is 18.0 Å². The highest BCUT2D eigenvalue weighted by atomic mass is 32.2. The molecule has 0 radical (unpaired) electrons. The Bertz CT molecular complexity index is 817. The van der Waals surface area contributed by atoms with E-state index in [1.807, 2.05) is 19.9 Å². The van der Waals surface area contributed by atoms with Gasteiger partial charge < -0.3 is 19.4 Å². The van der Waals surface area contributed by atoms with Gasteiger partial charge in [-0.05, 0) is 38.8 Å². The van der Waals surface area contributed by atoms with Crippen LogP contribution in [0.2, 0.25) is 0 Å². The minimum absolute atomic E-state index is 0.0664. The van der Waals surface area contributed by atoms with E-state index in [9.17, 15) is 4.79 Å². The van der Waals surface area contributed by atoms with Crippen LogP contribution >= 0.6 is 11.8 Å². The van der Waals surface area contributed by atoms with Crippen LogP contribution in [0.1, 0.15) is 32.2 Å². The molecular weight excluding hydrogens is 350 g/mol. The maximum atomic E-state index is 12.6. The van der Waals surface area contributed by atoms with E-state index in [0.717, 1.165) is 23.1 Å². The van der Waals surface area contributed by atoms with Crippen LogP contribution in [0.25, 0.3) is 0 Å². The van der Waals surface area contributed by atoms with Crippen molar-refractivity contribution in [1.29, 1.82) is 0 Å². The molecule has 1 aromatic carbocycles. The zero-order valence-corrected chi connectivity index (χ0v) is 16.6. The fraction of sp³-hybridized carbons (Fsp3) is 0.474. The van der Waals surface area contributed by atoms with E-state index in [1.165, 1.54) is 11.8 Å². The number of nitrogens with one attached hydrogen (secondary N) is 1. The van der Waals surface area contributed by atoms with E-state index in [4.69, 9.17) is 9.47 Å². The van der Waals surface area contributed by atoms with Crippen molar-refractivity contribution in [2.45, 2.75) is 51.6 Å². The lowest BCUT2D eigenvalue weighted by Crippen LogP contribution is -2.23. The summed E-state index contributed by atoms with van der Waals surface area (Å²) in [5, 5.41) is 3.56. The molecular formula is C19H25N3O3S. The molecule has 0 saturated carbocycles. The van der Waals surface area contributed by atoms with Gasteiger partial charge in [0.1, 0.15) is 0 Å². The molecule has 140 valence electrons. The topological polar surface area (TPSA) is 65.4 Å². The molecule has 1 atom stereocenters. The molecule has 6 nitrogen and oxygen atoms in total. The van der Waals surface area contributed by atoms with Crippen molar-refractivity contribution in [2.24, 2.45) is 5.92 Å². The molecule has 0 saturated heterocycles. The molecule has 0 bridgehead atoms. The second-order valence-corrected chi connectivity index (χ2v) is 8.19. The number of carbonyl (C=O) groups excluding carboxylic acids is 1. The third-order valence-corrected chi connectivity index (χ3v) is 5.35. The molecule has 2 aromatic rings. The largest absolute Gasteiger partial charge is 0.454 e. The Labute approximate surface area is 158 Å². The van der Waals surface area contributed by atoms with Crippen LogP contribution in [-0.4, -0.2) is 27.5 Å². The predicted molar refractivity (Wildman–Crippen MR) is 103 cm³/mol. The molecule has 1 aliphatic heterocycles. The number of nitrogens with zero attached hydrogens (tertiary/aromatic N) is 2. The Morgan fingerprint density at radius 2 is 2.00 bits per heavy atom. The van der Waals surface area contributed by atoms with Gasteiger partial charge in [-0.15, -0.1) is 0 Å². The van der Waals surface area contributed by atoms with Crippen LogP contribution in [0.4, 0.5) is 5.69 Å². The lowest BCUT2D eigenvalue weighted by molar-refractivity contribution is -0.115. The van der Waals surface area contributed by atoms with Crippen LogP contribution in [0.5, 0.6) is 11.5 Å². The van der Waals surface area contributed by atoms with Gasteiger partial charge in [0.2, 0.25) is 12.7 Å². The highest BCUT2D eigenvalue weighted by Crippen LogP contribution is 2.34. The quantitative estimate of drug-likeness (QED) is 0.773. The second-order valence-electron chi connectivity index (χ2n) is 6.89. The minimum Gasteiger partial charge on any atom is -0.454 e. The van der Waals surface area contributed by atoms with Crippen molar-refractivity contribution in [1.82, 2.24) is 9.55 Å². The highest BCUT2D eigenvalue weighted by Gasteiger charge is 2.21. The molecule has 1 aromatic heterocycles. The summed E-state index contributed by atoms with van der Waals surface area (Å²) in [6, 6.07) is 5.40. The molecule has 1 amide bonds. The summed E-state index contributed by atoms with van der Waals surface area (Å²) in [5.41, 5.74) is 2.87. The maximum absolute atomic E-state index is 12.6. The zero-order chi connectivity index (χ0) is 18.8. The summed E-state index contributed by atoms with van der Waals surface area (Å²) in [6.07, 6.45) is 0. The fourth-order valence-electron chi connectivity index (χ4n) is 2.72. The van der Waals surface area contributed by atoms with Gasteiger partial charge in [0.15, 0.2) is 16.7 Å². The van der Waals surface area contributed by atoms with Crippen molar-refractivity contribution in [3.63, 3.8) is 0 Å². The van der Waals surface area contributed by atoms with Gasteiger partial charge in [-0.3, -0.25) is 4.79 Å². The molecule has 26 heavy (non-hydrogen) atoms. The summed E-state index contributed by atoms with van der Waals surface area (Å²) in [7, 11) is 0. The molecule has 7 heteroatoms. The van der Waals surface area contributed by atoms with Crippen molar-refractivity contribution in [2.75, 3.05) is 12.1 Å². The van der Waals surface area contributed by atoms with Gasteiger partial charge in [0, 0.05) is 24.0 Å². The van der Waals surface area contributed by atoms with E-state index >= 15 is 0 Å². The molecule has 1 N–H and O–H groups in total. The summed E-state index contributed by atoms with van der Waals surface area (Å²) in [4.78, 5) is 17.3. The third-order valence-electron chi connectivity index (χ3n) is 4.26. The first kappa shape index (κ1) is 18.6. The zero-order valence-electron chi connectivity index (χ0n) is 15.8. The lowest BCUT2D eigenvalue weighted by atomic mass is 10.2. The van der Waals surface area contributed by atoms with Crippen LogP contribution in [-0.2, 0) is 11.3 Å². The summed E-state index contributed by atoms with van der Waals surface area (Å²) >= 11 is 1.48. The Hall–Kier alpha value is -2.15. The van der Waals surface area contributed by atoms with Crippen LogP contribution in [0.15, 0.2) is 23.4 Å². The maximum Gasteiger partial charge on any atom is 0.237 e. The van der Waals surface area contributed by atoms with Crippen molar-refractivity contribution >= 4 is 23.4 Å². The van der Waals surface area contributed by atoms with Gasteiger partial charge in [0.25, 0.3) is 0 Å². The number of benzene rings is 1. The number of rotatable bonds is 6. The number of carbonyl (C=O) groups is 1. The van der Waals surface area contributed by atoms with Crippen molar-refractivity contribution in [3.05, 3.63) is 29.6 Å². The standard InChI is InChI=1S/C19H25N3O3S/c1-11(2)9-22-13(4)12(3)20-19(22)26-14(5)18(23)21-15-6-7-16-17(8-15)25-10-24-16/h6-8,11,14H,9-10H2,1-5H3,(H,21,23)/t14-/m1/s1. The SMILES string of the molecule is Cc1nc(S[C@H](C)C(=O)Nc2ccc3c(c2)OCO3)n(CC(C)C)c1C. The van der Waals surface area contributed by atoms with Gasteiger partial charge >= 0.3 is 0 Å². The summed E-state index contributed by atoms with van der Waals surface area (Å²) in [5.74, 6) is 1.80. The number of thioether (sulfide) groups is 1. The normalized spacial score (nSPS) is 13.9. The first-order valence-corrected chi connectivity index (χ1v) is 9.64. The smallest absolute Gasteiger partial charge is 0.237 e. The third kappa shape index (κ3) is 3.98. The van der Waals surface area contributed by atoms with Gasteiger partial charge in [-0.2, -0.15) is 0 Å². The number of anilines is 1. The van der Waals surface area contributed by atoms with Crippen molar-refractivity contribution in [3.8, 4) is 11.5 Å². The molecule has 1 aliphatic rings. The fourth-order valence-corrected chi connectivity index (χ4v) is 3.73. The summed E-state index contributed by atoms with van der Waals surface area (Å²) in [6.45, 7) is 11.4. The average molecular weight is 375 g/mol. The average Bonchev–Trinajstić information content (AvgIpc) is 3.14.